The van der Waals surface area contributed by atoms with Gasteiger partial charge >= 0.3 is 0 Å². The van der Waals surface area contributed by atoms with Gasteiger partial charge in [-0.3, -0.25) is 0 Å². The second-order valence-electron chi connectivity index (χ2n) is 3.40. The molecule has 0 atom stereocenters. The highest BCUT2D eigenvalue weighted by Crippen LogP contribution is 2.38. The molecular formula is C12H14O4. The van der Waals surface area contributed by atoms with Crippen LogP contribution in [0.15, 0.2) is 24.8 Å². The van der Waals surface area contributed by atoms with Crippen LogP contribution in [0.1, 0.15) is 12.0 Å². The van der Waals surface area contributed by atoms with Gasteiger partial charge < -0.3 is 19.3 Å². The molecule has 1 aliphatic rings. The zero-order valence-electron chi connectivity index (χ0n) is 8.94. The van der Waals surface area contributed by atoms with Crippen molar-refractivity contribution in [1.82, 2.24) is 0 Å². The number of benzene rings is 1. The van der Waals surface area contributed by atoms with Crippen molar-refractivity contribution in [3.05, 3.63) is 30.4 Å². The molecule has 0 amide bonds. The van der Waals surface area contributed by atoms with Gasteiger partial charge in [-0.25, -0.2) is 0 Å². The molecule has 1 heterocycles. The molecule has 0 fully saturated rings. The van der Waals surface area contributed by atoms with Crippen LogP contribution >= 0.6 is 0 Å². The molecule has 1 N–H and O–H groups in total. The van der Waals surface area contributed by atoms with Crippen LogP contribution in [0.2, 0.25) is 0 Å². The lowest BCUT2D eigenvalue weighted by atomic mass is 10.2. The number of hydrogen-bond acceptors (Lipinski definition) is 4. The van der Waals surface area contributed by atoms with E-state index >= 15 is 0 Å². The fraction of sp³-hybridized carbons (Fsp3) is 0.333. The van der Waals surface area contributed by atoms with Gasteiger partial charge in [-0.05, 0) is 12.5 Å². The van der Waals surface area contributed by atoms with Gasteiger partial charge in [0.2, 0.25) is 6.79 Å². The standard InChI is InChI=1S/C12H14O4/c1-2-3-4-14-10-6-12-11(15-8-16-12)5-9(10)7-13/h2,5-6,13H,1,3-4,7-8H2. The molecule has 0 aliphatic carbocycles. The zero-order chi connectivity index (χ0) is 11.4. The van der Waals surface area contributed by atoms with E-state index in [2.05, 4.69) is 6.58 Å². The van der Waals surface area contributed by atoms with Crippen LogP contribution < -0.4 is 14.2 Å². The van der Waals surface area contributed by atoms with Crippen LogP contribution in [0.4, 0.5) is 0 Å². The van der Waals surface area contributed by atoms with Crippen LogP contribution in [0.3, 0.4) is 0 Å². The first kappa shape index (κ1) is 10.8. The molecule has 0 aromatic heterocycles. The Hall–Kier alpha value is -1.68. The van der Waals surface area contributed by atoms with Gasteiger partial charge in [0.25, 0.3) is 0 Å². The van der Waals surface area contributed by atoms with Crippen molar-refractivity contribution >= 4 is 0 Å². The van der Waals surface area contributed by atoms with Crippen LogP contribution in [-0.4, -0.2) is 18.5 Å². The second-order valence-corrected chi connectivity index (χ2v) is 3.40. The molecule has 4 heteroatoms. The average Bonchev–Trinajstić information content (AvgIpc) is 2.75. The van der Waals surface area contributed by atoms with E-state index in [4.69, 9.17) is 14.2 Å². The lowest BCUT2D eigenvalue weighted by Gasteiger charge is -2.10. The van der Waals surface area contributed by atoms with Gasteiger partial charge in [0, 0.05) is 11.6 Å². The lowest BCUT2D eigenvalue weighted by Crippen LogP contribution is -1.99. The molecule has 0 spiro atoms. The van der Waals surface area contributed by atoms with Gasteiger partial charge in [-0.2, -0.15) is 0 Å². The summed E-state index contributed by atoms with van der Waals surface area (Å²) in [5.74, 6) is 1.94. The quantitative estimate of drug-likeness (QED) is 0.610. The van der Waals surface area contributed by atoms with Crippen molar-refractivity contribution in [2.75, 3.05) is 13.4 Å². The predicted octanol–water partition coefficient (Wildman–Crippen LogP) is 1.86. The molecule has 0 bridgehead atoms. The van der Waals surface area contributed by atoms with E-state index in [1.807, 2.05) is 0 Å². The van der Waals surface area contributed by atoms with Crippen LogP contribution in [-0.2, 0) is 6.61 Å². The number of rotatable bonds is 5. The molecule has 1 aromatic carbocycles. The van der Waals surface area contributed by atoms with Crippen LogP contribution in [0.25, 0.3) is 0 Å². The predicted molar refractivity (Wildman–Crippen MR) is 58.8 cm³/mol. The monoisotopic (exact) mass is 222 g/mol. The van der Waals surface area contributed by atoms with Crippen molar-refractivity contribution < 1.29 is 19.3 Å². The average molecular weight is 222 g/mol. The Bertz CT molecular complexity index is 387. The first-order chi connectivity index (χ1) is 7.85. The fourth-order valence-electron chi connectivity index (χ4n) is 1.48. The molecule has 16 heavy (non-hydrogen) atoms. The molecule has 1 aliphatic heterocycles. The van der Waals surface area contributed by atoms with Crippen molar-refractivity contribution in [2.24, 2.45) is 0 Å². The number of hydrogen-bond donors (Lipinski definition) is 1. The van der Waals surface area contributed by atoms with Crippen molar-refractivity contribution in [1.29, 1.82) is 0 Å². The van der Waals surface area contributed by atoms with E-state index in [0.717, 1.165) is 6.42 Å². The molecule has 86 valence electrons. The molecule has 0 saturated carbocycles. The number of ether oxygens (including phenoxy) is 3. The third-order valence-corrected chi connectivity index (χ3v) is 2.31. The maximum atomic E-state index is 9.21. The number of aliphatic hydroxyl groups is 1. The Morgan fingerprint density at radius 3 is 2.81 bits per heavy atom. The summed E-state index contributed by atoms with van der Waals surface area (Å²) >= 11 is 0. The first-order valence-corrected chi connectivity index (χ1v) is 5.12. The molecule has 2 rings (SSSR count). The Labute approximate surface area is 94.1 Å². The van der Waals surface area contributed by atoms with E-state index in [1.54, 1.807) is 18.2 Å². The van der Waals surface area contributed by atoms with Crippen molar-refractivity contribution in [3.8, 4) is 17.2 Å². The zero-order valence-corrected chi connectivity index (χ0v) is 8.94. The molecule has 4 nitrogen and oxygen atoms in total. The van der Waals surface area contributed by atoms with Gasteiger partial charge in [0.1, 0.15) is 5.75 Å². The largest absolute Gasteiger partial charge is 0.493 e. The second kappa shape index (κ2) is 4.90. The highest BCUT2D eigenvalue weighted by atomic mass is 16.7. The fourth-order valence-corrected chi connectivity index (χ4v) is 1.48. The summed E-state index contributed by atoms with van der Waals surface area (Å²) in [5.41, 5.74) is 0.702. The number of fused-ring (bicyclic) bond motifs is 1. The Morgan fingerprint density at radius 2 is 2.12 bits per heavy atom. The first-order valence-electron chi connectivity index (χ1n) is 5.12. The van der Waals surface area contributed by atoms with E-state index in [9.17, 15) is 5.11 Å². The summed E-state index contributed by atoms with van der Waals surface area (Å²) in [6.07, 6.45) is 2.55. The van der Waals surface area contributed by atoms with Gasteiger partial charge in [0.05, 0.1) is 13.2 Å². The molecule has 0 unspecified atom stereocenters. The summed E-state index contributed by atoms with van der Waals surface area (Å²) in [6, 6.07) is 3.49. The molecule has 0 radical (unpaired) electrons. The topological polar surface area (TPSA) is 47.9 Å². The summed E-state index contributed by atoms with van der Waals surface area (Å²) in [5, 5.41) is 9.21. The van der Waals surface area contributed by atoms with E-state index in [0.29, 0.717) is 29.4 Å². The summed E-state index contributed by atoms with van der Waals surface area (Å²) < 4.78 is 16.0. The molecular weight excluding hydrogens is 208 g/mol. The summed E-state index contributed by atoms with van der Waals surface area (Å²) in [4.78, 5) is 0. The maximum Gasteiger partial charge on any atom is 0.231 e. The van der Waals surface area contributed by atoms with Crippen LogP contribution in [0.5, 0.6) is 17.2 Å². The van der Waals surface area contributed by atoms with Crippen molar-refractivity contribution in [3.63, 3.8) is 0 Å². The highest BCUT2D eigenvalue weighted by Gasteiger charge is 2.17. The SMILES string of the molecule is C=CCCOc1cc2c(cc1CO)OCO2. The Morgan fingerprint density at radius 1 is 1.38 bits per heavy atom. The Kier molecular flexibility index (Phi) is 3.31. The lowest BCUT2D eigenvalue weighted by molar-refractivity contribution is 0.173. The van der Waals surface area contributed by atoms with Gasteiger partial charge in [0.15, 0.2) is 11.5 Å². The summed E-state index contributed by atoms with van der Waals surface area (Å²) in [7, 11) is 0. The normalized spacial score (nSPS) is 12.6. The summed E-state index contributed by atoms with van der Waals surface area (Å²) in [6.45, 7) is 4.29. The third-order valence-electron chi connectivity index (χ3n) is 2.31. The minimum absolute atomic E-state index is 0.0833. The van der Waals surface area contributed by atoms with E-state index < -0.39 is 0 Å². The minimum atomic E-state index is -0.0833. The van der Waals surface area contributed by atoms with Crippen LogP contribution in [0, 0.1) is 0 Å². The highest BCUT2D eigenvalue weighted by molar-refractivity contribution is 5.51. The number of aliphatic hydroxyl groups excluding tert-OH is 1. The molecule has 0 saturated heterocycles. The minimum Gasteiger partial charge on any atom is -0.493 e. The van der Waals surface area contributed by atoms with Gasteiger partial charge in [-0.1, -0.05) is 6.08 Å². The third kappa shape index (κ3) is 2.12. The molecule has 1 aromatic rings. The van der Waals surface area contributed by atoms with Crippen molar-refractivity contribution in [2.45, 2.75) is 13.0 Å². The van der Waals surface area contributed by atoms with Gasteiger partial charge in [-0.15, -0.1) is 6.58 Å². The Balaban J connectivity index is 2.18. The van der Waals surface area contributed by atoms with E-state index in [-0.39, 0.29) is 13.4 Å². The smallest absolute Gasteiger partial charge is 0.231 e. The van der Waals surface area contributed by atoms with E-state index in [1.165, 1.54) is 0 Å². The maximum absolute atomic E-state index is 9.21.